The van der Waals surface area contributed by atoms with Crippen LogP contribution in [0.3, 0.4) is 0 Å². The number of amides is 2. The third-order valence-corrected chi connectivity index (χ3v) is 6.15. The molecule has 148 valence electrons. The van der Waals surface area contributed by atoms with E-state index in [4.69, 9.17) is 0 Å². The van der Waals surface area contributed by atoms with Crippen LogP contribution < -0.4 is 0 Å². The van der Waals surface area contributed by atoms with Crippen molar-refractivity contribution in [3.8, 4) is 0 Å². The molecular formula is C22H32N2O3. The summed E-state index contributed by atoms with van der Waals surface area (Å²) in [6.07, 6.45) is 5.45. The van der Waals surface area contributed by atoms with Crippen molar-refractivity contribution in [2.75, 3.05) is 26.2 Å². The first-order valence-electron chi connectivity index (χ1n) is 10.3. The van der Waals surface area contributed by atoms with Gasteiger partial charge in [0.2, 0.25) is 11.8 Å². The molecule has 0 unspecified atom stereocenters. The number of benzene rings is 1. The molecule has 0 spiro atoms. The SMILES string of the molecule is C[C@@]1(O)CCN(C(=O)CCN2CCCCCC2=O)C[C@@H]1Cc1ccccc1. The van der Waals surface area contributed by atoms with E-state index >= 15 is 0 Å². The zero-order valence-electron chi connectivity index (χ0n) is 16.4. The summed E-state index contributed by atoms with van der Waals surface area (Å²) in [4.78, 5) is 28.6. The first kappa shape index (κ1) is 19.9. The van der Waals surface area contributed by atoms with Crippen molar-refractivity contribution in [1.29, 1.82) is 0 Å². The summed E-state index contributed by atoms with van der Waals surface area (Å²) in [6, 6.07) is 10.1. The molecule has 0 radical (unpaired) electrons. The lowest BCUT2D eigenvalue weighted by Crippen LogP contribution is -2.53. The highest BCUT2D eigenvalue weighted by molar-refractivity contribution is 5.79. The van der Waals surface area contributed by atoms with Gasteiger partial charge in [-0.3, -0.25) is 9.59 Å². The van der Waals surface area contributed by atoms with Gasteiger partial charge in [0.15, 0.2) is 0 Å². The van der Waals surface area contributed by atoms with Gasteiger partial charge in [-0.05, 0) is 38.2 Å². The van der Waals surface area contributed by atoms with Crippen LogP contribution in [0.4, 0.5) is 0 Å². The van der Waals surface area contributed by atoms with E-state index in [2.05, 4.69) is 12.1 Å². The lowest BCUT2D eigenvalue weighted by Gasteiger charge is -2.43. The Morgan fingerprint density at radius 2 is 1.96 bits per heavy atom. The second-order valence-electron chi connectivity index (χ2n) is 8.28. The van der Waals surface area contributed by atoms with Crippen LogP contribution in [-0.4, -0.2) is 58.5 Å². The van der Waals surface area contributed by atoms with Crippen molar-refractivity contribution >= 4 is 11.8 Å². The van der Waals surface area contributed by atoms with Crippen LogP contribution in [0.15, 0.2) is 30.3 Å². The molecule has 0 aromatic heterocycles. The molecule has 2 heterocycles. The van der Waals surface area contributed by atoms with Gasteiger partial charge >= 0.3 is 0 Å². The summed E-state index contributed by atoms with van der Waals surface area (Å²) in [5.41, 5.74) is 0.431. The second-order valence-corrected chi connectivity index (χ2v) is 8.28. The van der Waals surface area contributed by atoms with Crippen LogP contribution in [0.5, 0.6) is 0 Å². The number of hydrogen-bond acceptors (Lipinski definition) is 3. The second kappa shape index (κ2) is 8.87. The van der Waals surface area contributed by atoms with Crippen LogP contribution in [0.2, 0.25) is 0 Å². The zero-order valence-corrected chi connectivity index (χ0v) is 16.4. The summed E-state index contributed by atoms with van der Waals surface area (Å²) in [5.74, 6) is 0.307. The number of nitrogens with zero attached hydrogens (tertiary/aromatic N) is 2. The summed E-state index contributed by atoms with van der Waals surface area (Å²) >= 11 is 0. The molecule has 1 N–H and O–H groups in total. The maximum atomic E-state index is 12.7. The quantitative estimate of drug-likeness (QED) is 0.864. The van der Waals surface area contributed by atoms with Gasteiger partial charge in [0.1, 0.15) is 0 Å². The lowest BCUT2D eigenvalue weighted by molar-refractivity contribution is -0.140. The molecule has 1 aromatic carbocycles. The molecule has 0 bridgehead atoms. The smallest absolute Gasteiger partial charge is 0.224 e. The molecule has 2 saturated heterocycles. The minimum atomic E-state index is -0.757. The molecule has 27 heavy (non-hydrogen) atoms. The van der Waals surface area contributed by atoms with Gasteiger partial charge in [0, 0.05) is 44.9 Å². The molecule has 2 amide bonds. The molecule has 2 aliphatic rings. The molecule has 3 rings (SSSR count). The molecule has 2 atom stereocenters. The fourth-order valence-electron chi connectivity index (χ4n) is 4.19. The average molecular weight is 373 g/mol. The van der Waals surface area contributed by atoms with Crippen LogP contribution >= 0.6 is 0 Å². The van der Waals surface area contributed by atoms with Gasteiger partial charge in [-0.1, -0.05) is 36.8 Å². The van der Waals surface area contributed by atoms with Gasteiger partial charge in [0.05, 0.1) is 5.60 Å². The highest BCUT2D eigenvalue weighted by atomic mass is 16.3. The Labute approximate surface area is 162 Å². The summed E-state index contributed by atoms with van der Waals surface area (Å²) in [5, 5.41) is 10.8. The van der Waals surface area contributed by atoms with Crippen molar-refractivity contribution in [2.45, 2.75) is 57.5 Å². The Kier molecular flexibility index (Phi) is 6.53. The molecular weight excluding hydrogens is 340 g/mol. The lowest BCUT2D eigenvalue weighted by atomic mass is 9.78. The Morgan fingerprint density at radius 1 is 1.19 bits per heavy atom. The minimum absolute atomic E-state index is 0.0254. The van der Waals surface area contributed by atoms with Crippen LogP contribution in [-0.2, 0) is 16.0 Å². The number of hydrogen-bond donors (Lipinski definition) is 1. The zero-order chi connectivity index (χ0) is 19.3. The predicted octanol–water partition coefficient (Wildman–Crippen LogP) is 2.62. The molecule has 5 nitrogen and oxygen atoms in total. The van der Waals surface area contributed by atoms with Gasteiger partial charge in [-0.15, -0.1) is 0 Å². The number of likely N-dealkylation sites (tertiary alicyclic amines) is 2. The number of carbonyl (C=O) groups is 2. The molecule has 0 saturated carbocycles. The summed E-state index contributed by atoms with van der Waals surface area (Å²) in [6.45, 7) is 4.35. The fourth-order valence-corrected chi connectivity index (χ4v) is 4.19. The van der Waals surface area contributed by atoms with Crippen LogP contribution in [0, 0.1) is 5.92 Å². The van der Waals surface area contributed by atoms with Crippen molar-refractivity contribution in [3.63, 3.8) is 0 Å². The van der Waals surface area contributed by atoms with Crippen LogP contribution in [0.25, 0.3) is 0 Å². The van der Waals surface area contributed by atoms with Crippen molar-refractivity contribution in [1.82, 2.24) is 9.80 Å². The van der Waals surface area contributed by atoms with Crippen LogP contribution in [0.1, 0.15) is 51.0 Å². The average Bonchev–Trinajstić information content (AvgIpc) is 2.86. The number of aliphatic hydroxyl groups is 1. The van der Waals surface area contributed by atoms with E-state index < -0.39 is 5.60 Å². The number of carbonyl (C=O) groups excluding carboxylic acids is 2. The molecule has 2 aliphatic heterocycles. The first-order valence-corrected chi connectivity index (χ1v) is 10.3. The van der Waals surface area contributed by atoms with E-state index in [9.17, 15) is 14.7 Å². The largest absolute Gasteiger partial charge is 0.390 e. The predicted molar refractivity (Wildman–Crippen MR) is 105 cm³/mol. The normalized spacial score (nSPS) is 26.7. The van der Waals surface area contributed by atoms with E-state index in [1.54, 1.807) is 0 Å². The molecule has 1 aromatic rings. The summed E-state index contributed by atoms with van der Waals surface area (Å²) < 4.78 is 0. The van der Waals surface area contributed by atoms with Crippen molar-refractivity contribution < 1.29 is 14.7 Å². The highest BCUT2D eigenvalue weighted by Crippen LogP contribution is 2.30. The number of piperidine rings is 1. The van der Waals surface area contributed by atoms with Gasteiger partial charge in [0.25, 0.3) is 0 Å². The van der Waals surface area contributed by atoms with Gasteiger partial charge < -0.3 is 14.9 Å². The Bertz CT molecular complexity index is 644. The molecule has 0 aliphatic carbocycles. The van der Waals surface area contributed by atoms with Crippen molar-refractivity contribution in [2.24, 2.45) is 5.92 Å². The van der Waals surface area contributed by atoms with E-state index in [0.717, 1.165) is 32.2 Å². The summed E-state index contributed by atoms with van der Waals surface area (Å²) in [7, 11) is 0. The first-order chi connectivity index (χ1) is 13.0. The monoisotopic (exact) mass is 372 g/mol. The standard InChI is InChI=1S/C22H32N2O3/c1-22(27)12-15-24(17-19(22)16-18-8-4-2-5-9-18)21(26)11-14-23-13-7-3-6-10-20(23)25/h2,4-5,8-9,19,27H,3,6-7,10-17H2,1H3/t19-,22+/m0/s1. The van der Waals surface area contributed by atoms with E-state index in [-0.39, 0.29) is 17.7 Å². The Hall–Kier alpha value is -1.88. The van der Waals surface area contributed by atoms with Crippen molar-refractivity contribution in [3.05, 3.63) is 35.9 Å². The maximum absolute atomic E-state index is 12.7. The third-order valence-electron chi connectivity index (χ3n) is 6.15. The topological polar surface area (TPSA) is 60.9 Å². The van der Waals surface area contributed by atoms with E-state index in [1.165, 1.54) is 5.56 Å². The Balaban J connectivity index is 1.56. The number of rotatable bonds is 5. The third kappa shape index (κ3) is 5.32. The minimum Gasteiger partial charge on any atom is -0.390 e. The molecule has 2 fully saturated rings. The van der Waals surface area contributed by atoms with Gasteiger partial charge in [-0.25, -0.2) is 0 Å². The van der Waals surface area contributed by atoms with Gasteiger partial charge in [-0.2, -0.15) is 0 Å². The Morgan fingerprint density at radius 3 is 2.74 bits per heavy atom. The highest BCUT2D eigenvalue weighted by Gasteiger charge is 2.38. The molecule has 5 heteroatoms. The fraction of sp³-hybridized carbons (Fsp3) is 0.636. The van der Waals surface area contributed by atoms with E-state index in [1.807, 2.05) is 34.9 Å². The maximum Gasteiger partial charge on any atom is 0.224 e. The van der Waals surface area contributed by atoms with E-state index in [0.29, 0.717) is 38.9 Å².